The molecule has 2 heterocycles. The van der Waals surface area contributed by atoms with Gasteiger partial charge in [-0.2, -0.15) is 13.2 Å². The number of nitrogens with one attached hydrogen (secondary N) is 1. The molecule has 0 aliphatic heterocycles. The number of carbonyl (C=O) groups is 2. The molecule has 10 heteroatoms. The van der Waals surface area contributed by atoms with Crippen LogP contribution in [0.1, 0.15) is 61.0 Å². The number of hydrogen-bond donors (Lipinski definition) is 1. The maximum atomic E-state index is 13.6. The number of aromatic nitrogens is 2. The first-order valence-corrected chi connectivity index (χ1v) is 12.5. The third-order valence-electron chi connectivity index (χ3n) is 6.46. The lowest BCUT2D eigenvalue weighted by atomic mass is 9.94. The summed E-state index contributed by atoms with van der Waals surface area (Å²) in [7, 11) is 1.23. The Morgan fingerprint density at radius 2 is 1.74 bits per heavy atom. The fourth-order valence-electron chi connectivity index (χ4n) is 4.54. The molecule has 0 saturated carbocycles. The Morgan fingerprint density at radius 1 is 1.08 bits per heavy atom. The Hall–Kier alpha value is -3.95. The van der Waals surface area contributed by atoms with Gasteiger partial charge >= 0.3 is 12.1 Å². The van der Waals surface area contributed by atoms with E-state index in [1.807, 2.05) is 52.0 Å². The molecule has 0 spiro atoms. The number of aryl methyl sites for hydroxylation is 2. The number of halogens is 3. The van der Waals surface area contributed by atoms with Crippen molar-refractivity contribution in [3.63, 3.8) is 0 Å². The summed E-state index contributed by atoms with van der Waals surface area (Å²) in [6.07, 6.45) is -0.505. The van der Waals surface area contributed by atoms with E-state index >= 15 is 0 Å². The Morgan fingerprint density at radius 3 is 2.31 bits per heavy atom. The van der Waals surface area contributed by atoms with Crippen LogP contribution >= 0.6 is 0 Å². The van der Waals surface area contributed by atoms with Crippen molar-refractivity contribution in [1.29, 1.82) is 0 Å². The molecule has 0 saturated heterocycles. The lowest BCUT2D eigenvalue weighted by molar-refractivity contribution is -0.141. The summed E-state index contributed by atoms with van der Waals surface area (Å²) in [4.78, 5) is 42.8. The minimum absolute atomic E-state index is 0.0666. The van der Waals surface area contributed by atoms with E-state index in [0.29, 0.717) is 11.6 Å². The molecule has 3 rings (SSSR count). The average molecular weight is 544 g/mol. The molecule has 208 valence electrons. The number of rotatable bonds is 9. The zero-order valence-electron chi connectivity index (χ0n) is 22.5. The largest absolute Gasteiger partial charge is 0.469 e. The van der Waals surface area contributed by atoms with Gasteiger partial charge in [-0.05, 0) is 60.6 Å². The maximum absolute atomic E-state index is 13.6. The molecular weight excluding hydrogens is 511 g/mol. The quantitative estimate of drug-likeness (QED) is 0.357. The van der Waals surface area contributed by atoms with Gasteiger partial charge < -0.3 is 14.6 Å². The molecular formula is C29H32F3N3O4. The third kappa shape index (κ3) is 7.34. The van der Waals surface area contributed by atoms with Crippen LogP contribution in [0.4, 0.5) is 13.2 Å². The second kappa shape index (κ2) is 12.3. The van der Waals surface area contributed by atoms with E-state index in [0.717, 1.165) is 39.1 Å². The second-order valence-corrected chi connectivity index (χ2v) is 9.92. The highest BCUT2D eigenvalue weighted by molar-refractivity contribution is 5.82. The van der Waals surface area contributed by atoms with Gasteiger partial charge in [-0.15, -0.1) is 0 Å². The number of hydrogen-bond acceptors (Lipinski definition) is 5. The van der Waals surface area contributed by atoms with E-state index in [4.69, 9.17) is 4.74 Å². The molecule has 1 amide bonds. The predicted molar refractivity (Wildman–Crippen MR) is 141 cm³/mol. The third-order valence-corrected chi connectivity index (χ3v) is 6.46. The zero-order valence-corrected chi connectivity index (χ0v) is 22.5. The van der Waals surface area contributed by atoms with Crippen LogP contribution in [0.3, 0.4) is 0 Å². The number of pyridine rings is 2. The molecule has 1 unspecified atom stereocenters. The number of carbonyl (C=O) groups excluding carboxylic acids is 2. The van der Waals surface area contributed by atoms with Crippen molar-refractivity contribution in [1.82, 2.24) is 14.9 Å². The van der Waals surface area contributed by atoms with Crippen molar-refractivity contribution < 1.29 is 27.5 Å². The molecule has 2 atom stereocenters. The van der Waals surface area contributed by atoms with E-state index in [1.54, 1.807) is 6.20 Å². The molecule has 0 bridgehead atoms. The van der Waals surface area contributed by atoms with Gasteiger partial charge in [0, 0.05) is 30.2 Å². The molecule has 0 aliphatic carbocycles. The molecule has 7 nitrogen and oxygen atoms in total. The second-order valence-electron chi connectivity index (χ2n) is 9.92. The Bertz CT molecular complexity index is 1380. The van der Waals surface area contributed by atoms with Crippen molar-refractivity contribution in [2.45, 2.75) is 58.8 Å². The first kappa shape index (κ1) is 29.6. The summed E-state index contributed by atoms with van der Waals surface area (Å²) in [5, 5.41) is 2.82. The highest BCUT2D eigenvalue weighted by atomic mass is 19.4. The molecule has 1 aromatic carbocycles. The van der Waals surface area contributed by atoms with Crippen molar-refractivity contribution in [3.8, 4) is 11.1 Å². The lowest BCUT2D eigenvalue weighted by Gasteiger charge is -2.25. The van der Waals surface area contributed by atoms with Crippen LogP contribution in [-0.4, -0.2) is 28.5 Å². The zero-order chi connectivity index (χ0) is 28.9. The smallest absolute Gasteiger partial charge is 0.416 e. The van der Waals surface area contributed by atoms with Crippen molar-refractivity contribution >= 4 is 11.9 Å². The molecule has 0 aliphatic rings. The van der Waals surface area contributed by atoms with Gasteiger partial charge in [-0.1, -0.05) is 32.0 Å². The number of amides is 1. The van der Waals surface area contributed by atoms with Crippen molar-refractivity contribution in [2.24, 2.45) is 5.92 Å². The van der Waals surface area contributed by atoms with Crippen molar-refractivity contribution in [2.75, 3.05) is 7.11 Å². The fraction of sp³-hybridized carbons (Fsp3) is 0.379. The minimum atomic E-state index is -4.69. The molecule has 2 aromatic heterocycles. The van der Waals surface area contributed by atoms with E-state index in [-0.39, 0.29) is 18.8 Å². The van der Waals surface area contributed by atoms with E-state index < -0.39 is 41.3 Å². The number of benzene rings is 1. The van der Waals surface area contributed by atoms with Crippen LogP contribution in [0.2, 0.25) is 0 Å². The average Bonchev–Trinajstić information content (AvgIpc) is 2.86. The lowest BCUT2D eigenvalue weighted by Crippen LogP contribution is -2.40. The van der Waals surface area contributed by atoms with Gasteiger partial charge in [0.25, 0.3) is 5.56 Å². The van der Waals surface area contributed by atoms with Crippen LogP contribution in [-0.2, 0) is 20.5 Å². The molecule has 39 heavy (non-hydrogen) atoms. The minimum Gasteiger partial charge on any atom is -0.469 e. The van der Waals surface area contributed by atoms with E-state index in [2.05, 4.69) is 10.3 Å². The normalized spacial score (nSPS) is 13.2. The van der Waals surface area contributed by atoms with Crippen LogP contribution in [0.5, 0.6) is 0 Å². The van der Waals surface area contributed by atoms with Gasteiger partial charge in [0.1, 0.15) is 6.04 Å². The SMILES string of the molecule is COC(=O)CC(NC(=O)[C@@H](CC(C)C)n1ccc(C(F)(F)F)cc1=O)c1cncc(-c2c(C)cccc2C)c1. The van der Waals surface area contributed by atoms with Gasteiger partial charge in [0.2, 0.25) is 5.91 Å². The van der Waals surface area contributed by atoms with E-state index in [1.165, 1.54) is 13.3 Å². The van der Waals surface area contributed by atoms with Gasteiger partial charge in [-0.25, -0.2) is 0 Å². The summed E-state index contributed by atoms with van der Waals surface area (Å²) in [6.45, 7) is 7.61. The fourth-order valence-corrected chi connectivity index (χ4v) is 4.54. The van der Waals surface area contributed by atoms with Gasteiger partial charge in [0.15, 0.2) is 0 Å². The maximum Gasteiger partial charge on any atom is 0.416 e. The van der Waals surface area contributed by atoms with E-state index in [9.17, 15) is 27.6 Å². The molecule has 3 aromatic rings. The number of alkyl halides is 3. The molecule has 0 fully saturated rings. The highest BCUT2D eigenvalue weighted by Gasteiger charge is 2.33. The highest BCUT2D eigenvalue weighted by Crippen LogP contribution is 2.31. The van der Waals surface area contributed by atoms with Crippen LogP contribution in [0, 0.1) is 19.8 Å². The van der Waals surface area contributed by atoms with Gasteiger partial charge in [-0.3, -0.25) is 19.4 Å². The number of nitrogens with zero attached hydrogens (tertiary/aromatic N) is 2. The Kier molecular flexibility index (Phi) is 9.32. The van der Waals surface area contributed by atoms with Gasteiger partial charge in [0.05, 0.1) is 25.1 Å². The molecule has 0 radical (unpaired) electrons. The van der Waals surface area contributed by atoms with Crippen LogP contribution < -0.4 is 10.9 Å². The number of esters is 1. The summed E-state index contributed by atoms with van der Waals surface area (Å²) >= 11 is 0. The number of ether oxygens (including phenoxy) is 1. The summed E-state index contributed by atoms with van der Waals surface area (Å²) in [6, 6.07) is 7.01. The van der Waals surface area contributed by atoms with Crippen LogP contribution in [0.25, 0.3) is 11.1 Å². The first-order valence-electron chi connectivity index (χ1n) is 12.5. The monoisotopic (exact) mass is 543 g/mol. The summed E-state index contributed by atoms with van der Waals surface area (Å²) in [5.41, 5.74) is 2.33. The Labute approximate surface area is 225 Å². The predicted octanol–water partition coefficient (Wildman–Crippen LogP) is 5.55. The Balaban J connectivity index is 2.01. The number of methoxy groups -OCH3 is 1. The summed E-state index contributed by atoms with van der Waals surface area (Å²) < 4.78 is 45.2. The molecule has 1 N–H and O–H groups in total. The first-order chi connectivity index (χ1) is 18.3. The standard InChI is InChI=1S/C29H32F3N3O4/c1-17(2)11-24(35-10-9-22(13-25(35)36)29(30,31)32)28(38)34-23(14-26(37)39-5)20-12-21(16-33-15-20)27-18(3)7-6-8-19(27)4/h6-10,12-13,15-17,23-24H,11,14H2,1-5H3,(H,34,38)/t23?,24-/m1/s1. The van der Waals surface area contributed by atoms with Crippen molar-refractivity contribution in [3.05, 3.63) is 87.6 Å². The topological polar surface area (TPSA) is 90.3 Å². The van der Waals surface area contributed by atoms with Crippen LogP contribution in [0.15, 0.2) is 59.8 Å². The summed E-state index contributed by atoms with van der Waals surface area (Å²) in [5.74, 6) is -1.26.